The Labute approximate surface area is 131 Å². The van der Waals surface area contributed by atoms with Crippen molar-refractivity contribution in [1.29, 1.82) is 0 Å². The van der Waals surface area contributed by atoms with Crippen molar-refractivity contribution in [3.63, 3.8) is 0 Å². The van der Waals surface area contributed by atoms with Gasteiger partial charge < -0.3 is 9.94 Å². The van der Waals surface area contributed by atoms with Gasteiger partial charge in [0.1, 0.15) is 6.61 Å². The summed E-state index contributed by atoms with van der Waals surface area (Å²) >= 11 is 0. The quantitative estimate of drug-likeness (QED) is 0.865. The van der Waals surface area contributed by atoms with Crippen molar-refractivity contribution >= 4 is 11.8 Å². The molecule has 0 aromatic heterocycles. The second-order valence-electron chi connectivity index (χ2n) is 6.69. The number of carbonyl (C=O) groups is 1. The van der Waals surface area contributed by atoms with E-state index in [0.717, 1.165) is 24.1 Å². The minimum atomic E-state index is -0.893. The molecule has 1 unspecified atom stereocenters. The molecule has 1 fully saturated rings. The first kappa shape index (κ1) is 16.3. The molecule has 1 saturated heterocycles. The zero-order chi connectivity index (χ0) is 16.2. The van der Waals surface area contributed by atoms with Crippen LogP contribution in [0.4, 0.5) is 4.79 Å². The molecule has 2 rings (SSSR count). The third kappa shape index (κ3) is 4.00. The molecule has 1 aromatic rings. The van der Waals surface area contributed by atoms with Crippen molar-refractivity contribution in [3.05, 3.63) is 35.9 Å². The third-order valence-electron chi connectivity index (χ3n) is 3.78. The molecular weight excluding hydrogens is 280 g/mol. The Balaban J connectivity index is 2.12. The van der Waals surface area contributed by atoms with Gasteiger partial charge in [-0.1, -0.05) is 56.3 Å². The molecule has 0 radical (unpaired) electrons. The Hall–Kier alpha value is -2.04. The minimum absolute atomic E-state index is 0.215. The summed E-state index contributed by atoms with van der Waals surface area (Å²) in [6.45, 7) is 7.05. The van der Waals surface area contributed by atoms with Gasteiger partial charge in [-0.15, -0.1) is 0 Å². The van der Waals surface area contributed by atoms with Gasteiger partial charge in [-0.25, -0.2) is 4.79 Å². The number of carboxylic acid groups (broad SMARTS) is 1. The van der Waals surface area contributed by atoms with Crippen molar-refractivity contribution in [3.8, 4) is 0 Å². The smallest absolute Gasteiger partial charge is 0.407 e. The van der Waals surface area contributed by atoms with E-state index in [2.05, 4.69) is 5.16 Å². The average Bonchev–Trinajstić information content (AvgIpc) is 2.47. The van der Waals surface area contributed by atoms with Crippen molar-refractivity contribution < 1.29 is 14.7 Å². The number of oxime groups is 1. The van der Waals surface area contributed by atoms with Crippen molar-refractivity contribution in [2.75, 3.05) is 6.54 Å². The second kappa shape index (κ2) is 6.81. The maximum absolute atomic E-state index is 11.5. The van der Waals surface area contributed by atoms with Crippen LogP contribution in [-0.4, -0.2) is 34.4 Å². The molecular formula is C17H24N2O3. The van der Waals surface area contributed by atoms with Gasteiger partial charge in [-0.05, 0) is 23.8 Å². The van der Waals surface area contributed by atoms with Crippen LogP contribution >= 0.6 is 0 Å². The topological polar surface area (TPSA) is 62.1 Å². The van der Waals surface area contributed by atoms with E-state index < -0.39 is 6.09 Å². The lowest BCUT2D eigenvalue weighted by Gasteiger charge is -2.42. The minimum Gasteiger partial charge on any atom is -0.465 e. The van der Waals surface area contributed by atoms with Crippen molar-refractivity contribution in [1.82, 2.24) is 4.90 Å². The third-order valence-corrected chi connectivity index (χ3v) is 3.78. The maximum atomic E-state index is 11.5. The number of likely N-dealkylation sites (tertiary alicyclic amines) is 1. The predicted molar refractivity (Wildman–Crippen MR) is 85.9 cm³/mol. The zero-order valence-corrected chi connectivity index (χ0v) is 13.5. The lowest BCUT2D eigenvalue weighted by molar-refractivity contribution is 0.0904. The average molecular weight is 304 g/mol. The van der Waals surface area contributed by atoms with E-state index in [9.17, 15) is 9.90 Å². The highest BCUT2D eigenvalue weighted by Gasteiger charge is 2.40. The SMILES string of the molecule is CC(C)(C)C1C(=NOCc2ccccc2)CCCN1C(=O)O. The lowest BCUT2D eigenvalue weighted by atomic mass is 9.79. The van der Waals surface area contributed by atoms with E-state index in [-0.39, 0.29) is 11.5 Å². The largest absolute Gasteiger partial charge is 0.465 e. The highest BCUT2D eigenvalue weighted by Crippen LogP contribution is 2.30. The van der Waals surface area contributed by atoms with E-state index in [4.69, 9.17) is 4.84 Å². The Kier molecular flexibility index (Phi) is 5.06. The number of nitrogens with zero attached hydrogens (tertiary/aromatic N) is 2. The van der Waals surface area contributed by atoms with E-state index >= 15 is 0 Å². The molecule has 1 aliphatic rings. The number of hydrogen-bond acceptors (Lipinski definition) is 3. The molecule has 1 amide bonds. The second-order valence-corrected chi connectivity index (χ2v) is 6.69. The summed E-state index contributed by atoms with van der Waals surface area (Å²) in [5.74, 6) is 0. The van der Waals surface area contributed by atoms with Crippen LogP contribution in [0.3, 0.4) is 0 Å². The molecule has 120 valence electrons. The van der Waals surface area contributed by atoms with Crippen LogP contribution in [0.5, 0.6) is 0 Å². The highest BCUT2D eigenvalue weighted by molar-refractivity contribution is 5.93. The molecule has 0 saturated carbocycles. The number of amides is 1. The van der Waals surface area contributed by atoms with Crippen LogP contribution in [0, 0.1) is 5.41 Å². The molecule has 5 nitrogen and oxygen atoms in total. The summed E-state index contributed by atoms with van der Waals surface area (Å²) in [5, 5.41) is 13.7. The van der Waals surface area contributed by atoms with Crippen LogP contribution in [-0.2, 0) is 11.4 Å². The Bertz CT molecular complexity index is 535. The van der Waals surface area contributed by atoms with Gasteiger partial charge in [-0.2, -0.15) is 0 Å². The van der Waals surface area contributed by atoms with Crippen LogP contribution < -0.4 is 0 Å². The van der Waals surface area contributed by atoms with Gasteiger partial charge in [-0.3, -0.25) is 4.90 Å². The predicted octanol–water partition coefficient (Wildman–Crippen LogP) is 3.75. The van der Waals surface area contributed by atoms with Crippen LogP contribution in [0.2, 0.25) is 0 Å². The number of benzene rings is 1. The van der Waals surface area contributed by atoms with E-state index in [1.54, 1.807) is 0 Å². The number of hydrogen-bond donors (Lipinski definition) is 1. The van der Waals surface area contributed by atoms with Gasteiger partial charge in [0.25, 0.3) is 0 Å². The fourth-order valence-corrected chi connectivity index (χ4v) is 2.91. The van der Waals surface area contributed by atoms with Gasteiger partial charge in [0, 0.05) is 6.54 Å². The summed E-state index contributed by atoms with van der Waals surface area (Å²) in [7, 11) is 0. The number of piperidine rings is 1. The van der Waals surface area contributed by atoms with Crippen LogP contribution in [0.15, 0.2) is 35.5 Å². The first-order valence-electron chi connectivity index (χ1n) is 7.62. The molecule has 1 aromatic carbocycles. The van der Waals surface area contributed by atoms with E-state index in [0.29, 0.717) is 13.2 Å². The lowest BCUT2D eigenvalue weighted by Crippen LogP contribution is -2.54. The molecule has 1 atom stereocenters. The summed E-state index contributed by atoms with van der Waals surface area (Å²) in [5.41, 5.74) is 1.65. The zero-order valence-electron chi connectivity index (χ0n) is 13.5. The normalized spacial score (nSPS) is 21.0. The van der Waals surface area contributed by atoms with Gasteiger partial charge in [0.2, 0.25) is 0 Å². The van der Waals surface area contributed by atoms with Crippen LogP contribution in [0.25, 0.3) is 0 Å². The molecule has 1 aliphatic heterocycles. The number of rotatable bonds is 3. The fourth-order valence-electron chi connectivity index (χ4n) is 2.91. The first-order chi connectivity index (χ1) is 10.4. The molecule has 0 spiro atoms. The van der Waals surface area contributed by atoms with Gasteiger partial charge in [0.05, 0.1) is 11.8 Å². The summed E-state index contributed by atoms with van der Waals surface area (Å²) in [6.07, 6.45) is 0.669. The molecule has 0 bridgehead atoms. The Morgan fingerprint density at radius 1 is 1.36 bits per heavy atom. The fraction of sp³-hybridized carbons (Fsp3) is 0.529. The highest BCUT2D eigenvalue weighted by atomic mass is 16.6. The van der Waals surface area contributed by atoms with Crippen molar-refractivity contribution in [2.45, 2.75) is 46.3 Å². The Morgan fingerprint density at radius 3 is 2.64 bits per heavy atom. The molecule has 5 heteroatoms. The molecule has 0 aliphatic carbocycles. The summed E-state index contributed by atoms with van der Waals surface area (Å²) in [4.78, 5) is 18.4. The summed E-state index contributed by atoms with van der Waals surface area (Å²) < 4.78 is 0. The van der Waals surface area contributed by atoms with E-state index in [1.165, 1.54) is 4.90 Å². The van der Waals surface area contributed by atoms with Crippen LogP contribution in [0.1, 0.15) is 39.2 Å². The first-order valence-corrected chi connectivity index (χ1v) is 7.62. The van der Waals surface area contributed by atoms with E-state index in [1.807, 2.05) is 51.1 Å². The summed E-state index contributed by atoms with van der Waals surface area (Å²) in [6, 6.07) is 9.58. The standard InChI is InChI=1S/C17H24N2O3/c1-17(2,3)15-14(10-7-11-19(15)16(20)21)18-22-12-13-8-5-4-6-9-13/h4-6,8-9,15H,7,10-12H2,1-3H3,(H,20,21). The molecule has 22 heavy (non-hydrogen) atoms. The molecule has 1 heterocycles. The Morgan fingerprint density at radius 2 is 2.05 bits per heavy atom. The van der Waals surface area contributed by atoms with Gasteiger partial charge in [0.15, 0.2) is 0 Å². The van der Waals surface area contributed by atoms with Gasteiger partial charge >= 0.3 is 6.09 Å². The van der Waals surface area contributed by atoms with Crippen molar-refractivity contribution in [2.24, 2.45) is 10.6 Å². The monoisotopic (exact) mass is 304 g/mol. The maximum Gasteiger partial charge on any atom is 0.407 e. The molecule has 1 N–H and O–H groups in total.